The van der Waals surface area contributed by atoms with Crippen LogP contribution in [0.1, 0.15) is 28.5 Å². The van der Waals surface area contributed by atoms with Crippen molar-refractivity contribution in [1.29, 1.82) is 5.26 Å². The monoisotopic (exact) mass is 462 g/mol. The third-order valence-corrected chi connectivity index (χ3v) is 7.04. The second-order valence-corrected chi connectivity index (χ2v) is 9.74. The topological polar surface area (TPSA) is 129 Å². The molecular weight excluding hydrogens is 440 g/mol. The Balaban J connectivity index is 2.23. The van der Waals surface area contributed by atoms with Crippen LogP contribution in [0.3, 0.4) is 0 Å². The number of Topliss-reactive ketones (excluding diaryl/α,β-unsaturated/α-hetero) is 1. The third kappa shape index (κ3) is 5.61. The number of rotatable bonds is 8. The second-order valence-electron chi connectivity index (χ2n) is 6.63. The summed E-state index contributed by atoms with van der Waals surface area (Å²) >= 11 is 1.04. The average Bonchev–Trinajstić information content (AvgIpc) is 2.71. The van der Waals surface area contributed by atoms with E-state index in [0.717, 1.165) is 16.1 Å². The van der Waals surface area contributed by atoms with E-state index in [-0.39, 0.29) is 27.7 Å². The summed E-state index contributed by atoms with van der Waals surface area (Å²) in [6, 6.07) is 7.62. The molecule has 1 heterocycles. The Morgan fingerprint density at radius 1 is 1.29 bits per heavy atom. The standard InChI is InChI=1S/C20H22N4O5S2/c1-12-16(13(2)25)8-14(10-21)20(22-12)30-11-19(26)23-17-9-15(6-7-18(17)29-5)31(27,28)24(3)4/h6-9H,11H2,1-5H3,(H,23,26). The van der Waals surface area contributed by atoms with Gasteiger partial charge in [0.2, 0.25) is 15.9 Å². The molecule has 0 saturated carbocycles. The first-order valence-electron chi connectivity index (χ1n) is 8.97. The lowest BCUT2D eigenvalue weighted by Gasteiger charge is -2.15. The van der Waals surface area contributed by atoms with E-state index in [2.05, 4.69) is 10.3 Å². The second kappa shape index (κ2) is 9.91. The van der Waals surface area contributed by atoms with Gasteiger partial charge in [0.15, 0.2) is 5.78 Å². The molecule has 1 aromatic carbocycles. The van der Waals surface area contributed by atoms with Crippen LogP contribution in [0.15, 0.2) is 34.2 Å². The Morgan fingerprint density at radius 3 is 2.52 bits per heavy atom. The smallest absolute Gasteiger partial charge is 0.242 e. The van der Waals surface area contributed by atoms with Crippen molar-refractivity contribution in [1.82, 2.24) is 9.29 Å². The molecule has 0 aliphatic carbocycles. The van der Waals surface area contributed by atoms with E-state index in [0.29, 0.717) is 22.0 Å². The number of nitrogens with zero attached hydrogens (tertiary/aromatic N) is 3. The molecule has 11 heteroatoms. The van der Waals surface area contributed by atoms with Crippen molar-refractivity contribution >= 4 is 39.2 Å². The van der Waals surface area contributed by atoms with Gasteiger partial charge in [0.25, 0.3) is 0 Å². The number of sulfonamides is 1. The van der Waals surface area contributed by atoms with Gasteiger partial charge in [-0.1, -0.05) is 11.8 Å². The number of nitriles is 1. The van der Waals surface area contributed by atoms with Crippen molar-refractivity contribution < 1.29 is 22.7 Å². The quantitative estimate of drug-likeness (QED) is 0.468. The number of thioether (sulfide) groups is 1. The lowest BCUT2D eigenvalue weighted by molar-refractivity contribution is -0.113. The van der Waals surface area contributed by atoms with Gasteiger partial charge in [0, 0.05) is 25.4 Å². The highest BCUT2D eigenvalue weighted by Gasteiger charge is 2.20. The molecule has 31 heavy (non-hydrogen) atoms. The molecule has 2 rings (SSSR count). The number of carbonyl (C=O) groups is 2. The lowest BCUT2D eigenvalue weighted by atomic mass is 10.1. The minimum Gasteiger partial charge on any atom is -0.495 e. The maximum absolute atomic E-state index is 12.5. The number of aryl methyl sites for hydroxylation is 1. The van der Waals surface area contributed by atoms with Crippen LogP contribution in [0, 0.1) is 18.3 Å². The molecule has 0 saturated heterocycles. The Hall–Kier alpha value is -2.94. The largest absolute Gasteiger partial charge is 0.495 e. The zero-order valence-electron chi connectivity index (χ0n) is 17.7. The molecule has 2 aromatic rings. The summed E-state index contributed by atoms with van der Waals surface area (Å²) < 4.78 is 31.0. The van der Waals surface area contributed by atoms with Gasteiger partial charge in [-0.2, -0.15) is 5.26 Å². The molecule has 1 N–H and O–H groups in total. The van der Waals surface area contributed by atoms with Crippen molar-refractivity contribution in [3.05, 3.63) is 41.1 Å². The number of carbonyl (C=O) groups excluding carboxylic acids is 2. The van der Waals surface area contributed by atoms with Gasteiger partial charge in [0.1, 0.15) is 16.8 Å². The number of benzene rings is 1. The van der Waals surface area contributed by atoms with Crippen LogP contribution in [0.5, 0.6) is 5.75 Å². The molecule has 164 valence electrons. The predicted octanol–water partition coefficient (Wildman–Crippen LogP) is 2.45. The van der Waals surface area contributed by atoms with Crippen LogP contribution in [0.4, 0.5) is 5.69 Å². The van der Waals surface area contributed by atoms with Crippen LogP contribution in [0.2, 0.25) is 0 Å². The predicted molar refractivity (Wildman–Crippen MR) is 117 cm³/mol. The minimum atomic E-state index is -3.69. The van der Waals surface area contributed by atoms with Gasteiger partial charge < -0.3 is 10.1 Å². The van der Waals surface area contributed by atoms with Gasteiger partial charge in [-0.25, -0.2) is 17.7 Å². The third-order valence-electron chi connectivity index (χ3n) is 4.24. The molecule has 1 aromatic heterocycles. The molecular formula is C20H22N4O5S2. The Kier molecular flexibility index (Phi) is 7.78. The fourth-order valence-electron chi connectivity index (χ4n) is 2.61. The first-order valence-corrected chi connectivity index (χ1v) is 11.4. The van der Waals surface area contributed by atoms with Gasteiger partial charge >= 0.3 is 0 Å². The summed E-state index contributed by atoms with van der Waals surface area (Å²) in [5, 5.41) is 12.3. The van der Waals surface area contributed by atoms with Crippen LogP contribution in [-0.4, -0.2) is 56.4 Å². The highest BCUT2D eigenvalue weighted by atomic mass is 32.2. The summed E-state index contributed by atoms with van der Waals surface area (Å²) in [4.78, 5) is 28.4. The van der Waals surface area contributed by atoms with Crippen LogP contribution in [-0.2, 0) is 14.8 Å². The maximum Gasteiger partial charge on any atom is 0.242 e. The van der Waals surface area contributed by atoms with Gasteiger partial charge in [-0.15, -0.1) is 0 Å². The van der Waals surface area contributed by atoms with Crippen molar-refractivity contribution in [2.45, 2.75) is 23.8 Å². The molecule has 0 unspecified atom stereocenters. The van der Waals surface area contributed by atoms with E-state index in [1.165, 1.54) is 52.4 Å². The van der Waals surface area contributed by atoms with Crippen molar-refractivity contribution in [2.24, 2.45) is 0 Å². The molecule has 0 bridgehead atoms. The molecule has 0 fully saturated rings. The number of hydrogen-bond acceptors (Lipinski definition) is 8. The minimum absolute atomic E-state index is 0.00475. The fraction of sp³-hybridized carbons (Fsp3) is 0.300. The van der Waals surface area contributed by atoms with Crippen molar-refractivity contribution in [3.8, 4) is 11.8 Å². The highest BCUT2D eigenvalue weighted by Crippen LogP contribution is 2.29. The van der Waals surface area contributed by atoms with E-state index < -0.39 is 15.9 Å². The average molecular weight is 463 g/mol. The van der Waals surface area contributed by atoms with Gasteiger partial charge in [0.05, 0.1) is 29.0 Å². The van der Waals surface area contributed by atoms with E-state index in [9.17, 15) is 23.3 Å². The van der Waals surface area contributed by atoms with E-state index in [1.807, 2.05) is 6.07 Å². The molecule has 0 spiro atoms. The normalized spacial score (nSPS) is 11.1. The van der Waals surface area contributed by atoms with Crippen molar-refractivity contribution in [2.75, 3.05) is 32.3 Å². The molecule has 0 aliphatic rings. The summed E-state index contributed by atoms with van der Waals surface area (Å²) in [6.07, 6.45) is 0. The van der Waals surface area contributed by atoms with Crippen molar-refractivity contribution in [3.63, 3.8) is 0 Å². The number of ether oxygens (including phenoxy) is 1. The van der Waals surface area contributed by atoms with Crippen LogP contribution in [0.25, 0.3) is 0 Å². The number of hydrogen-bond donors (Lipinski definition) is 1. The fourth-order valence-corrected chi connectivity index (χ4v) is 4.34. The number of pyridine rings is 1. The van der Waals surface area contributed by atoms with Gasteiger partial charge in [-0.05, 0) is 38.1 Å². The molecule has 9 nitrogen and oxygen atoms in total. The molecule has 0 aliphatic heterocycles. The summed E-state index contributed by atoms with van der Waals surface area (Å²) in [5.74, 6) is -0.431. The Morgan fingerprint density at radius 2 is 1.97 bits per heavy atom. The van der Waals surface area contributed by atoms with Gasteiger partial charge in [-0.3, -0.25) is 9.59 Å². The number of anilines is 1. The summed E-state index contributed by atoms with van der Waals surface area (Å²) in [6.45, 7) is 3.05. The van der Waals surface area contributed by atoms with E-state index in [1.54, 1.807) is 6.92 Å². The number of methoxy groups -OCH3 is 1. The summed E-state index contributed by atoms with van der Waals surface area (Å²) in [5.41, 5.74) is 1.23. The number of amides is 1. The first kappa shape index (κ1) is 24.3. The Labute approximate surface area is 185 Å². The SMILES string of the molecule is COc1ccc(S(=O)(=O)N(C)C)cc1NC(=O)CSc1nc(C)c(C(C)=O)cc1C#N. The zero-order valence-corrected chi connectivity index (χ0v) is 19.3. The van der Waals surface area contributed by atoms with E-state index >= 15 is 0 Å². The van der Waals surface area contributed by atoms with Crippen LogP contribution >= 0.6 is 11.8 Å². The van der Waals surface area contributed by atoms with Crippen LogP contribution < -0.4 is 10.1 Å². The number of aromatic nitrogens is 1. The zero-order chi connectivity index (χ0) is 23.3. The lowest BCUT2D eigenvalue weighted by Crippen LogP contribution is -2.22. The molecule has 0 radical (unpaired) electrons. The number of ketones is 1. The first-order chi connectivity index (χ1) is 14.5. The molecule has 0 atom stereocenters. The Bertz CT molecular complexity index is 1170. The summed E-state index contributed by atoms with van der Waals surface area (Å²) in [7, 11) is 0.533. The number of nitrogens with one attached hydrogen (secondary N) is 1. The highest BCUT2D eigenvalue weighted by molar-refractivity contribution is 8.00. The van der Waals surface area contributed by atoms with E-state index in [4.69, 9.17) is 4.74 Å². The molecule has 1 amide bonds. The maximum atomic E-state index is 12.5.